The molecule has 0 saturated carbocycles. The number of halogens is 1. The molecule has 0 radical (unpaired) electrons. The SMILES string of the molecule is COc1ccccc1OCCC(N)Br. The highest BCUT2D eigenvalue weighted by Gasteiger charge is 2.02. The molecule has 0 bridgehead atoms. The maximum atomic E-state index is 5.53. The Morgan fingerprint density at radius 3 is 2.57 bits per heavy atom. The number of alkyl halides is 1. The smallest absolute Gasteiger partial charge is 0.161 e. The van der Waals surface area contributed by atoms with Crippen molar-refractivity contribution in [1.82, 2.24) is 0 Å². The van der Waals surface area contributed by atoms with E-state index < -0.39 is 0 Å². The third-order valence-electron chi connectivity index (χ3n) is 1.72. The Balaban J connectivity index is 2.49. The fourth-order valence-electron chi connectivity index (χ4n) is 1.02. The van der Waals surface area contributed by atoms with E-state index in [-0.39, 0.29) is 4.95 Å². The molecule has 0 aromatic heterocycles. The first-order valence-electron chi connectivity index (χ1n) is 4.39. The Bertz CT molecular complexity index is 279. The second-order valence-corrected chi connectivity index (χ2v) is 3.98. The summed E-state index contributed by atoms with van der Waals surface area (Å²) in [6.07, 6.45) is 0.762. The number of ether oxygens (including phenoxy) is 2. The van der Waals surface area contributed by atoms with Crippen LogP contribution in [-0.2, 0) is 0 Å². The molecule has 0 aliphatic carbocycles. The van der Waals surface area contributed by atoms with Crippen LogP contribution in [0.15, 0.2) is 24.3 Å². The standard InChI is InChI=1S/C10H14BrNO2/c1-13-8-4-2-3-5-9(8)14-7-6-10(11)12/h2-5,10H,6-7,12H2,1H3. The van der Waals surface area contributed by atoms with Gasteiger partial charge in [0.25, 0.3) is 0 Å². The second kappa shape index (κ2) is 5.88. The lowest BCUT2D eigenvalue weighted by Crippen LogP contribution is -2.15. The Labute approximate surface area is 92.3 Å². The molecular weight excluding hydrogens is 246 g/mol. The molecule has 0 fully saturated rings. The van der Waals surface area contributed by atoms with Crippen molar-refractivity contribution in [2.24, 2.45) is 5.73 Å². The van der Waals surface area contributed by atoms with Gasteiger partial charge in [0.05, 0.1) is 18.7 Å². The molecule has 0 aliphatic rings. The van der Waals surface area contributed by atoms with Gasteiger partial charge in [0.15, 0.2) is 11.5 Å². The van der Waals surface area contributed by atoms with E-state index in [0.29, 0.717) is 6.61 Å². The van der Waals surface area contributed by atoms with Crippen LogP contribution in [-0.4, -0.2) is 18.7 Å². The van der Waals surface area contributed by atoms with Gasteiger partial charge in [-0.2, -0.15) is 0 Å². The first-order chi connectivity index (χ1) is 6.74. The molecule has 3 nitrogen and oxygen atoms in total. The van der Waals surface area contributed by atoms with E-state index >= 15 is 0 Å². The fraction of sp³-hybridized carbons (Fsp3) is 0.400. The van der Waals surface area contributed by atoms with E-state index in [9.17, 15) is 0 Å². The largest absolute Gasteiger partial charge is 0.493 e. The van der Waals surface area contributed by atoms with Crippen LogP contribution in [0.3, 0.4) is 0 Å². The van der Waals surface area contributed by atoms with Crippen LogP contribution in [0.25, 0.3) is 0 Å². The minimum Gasteiger partial charge on any atom is -0.493 e. The minimum absolute atomic E-state index is 0.0165. The molecule has 1 aromatic rings. The quantitative estimate of drug-likeness (QED) is 0.651. The summed E-state index contributed by atoms with van der Waals surface area (Å²) >= 11 is 3.25. The first kappa shape index (κ1) is 11.3. The molecule has 0 amide bonds. The number of methoxy groups -OCH3 is 1. The number of rotatable bonds is 5. The Morgan fingerprint density at radius 2 is 2.00 bits per heavy atom. The summed E-state index contributed by atoms with van der Waals surface area (Å²) < 4.78 is 10.6. The average Bonchev–Trinajstić information content (AvgIpc) is 2.18. The van der Waals surface area contributed by atoms with Crippen molar-refractivity contribution in [3.05, 3.63) is 24.3 Å². The molecule has 0 aliphatic heterocycles. The van der Waals surface area contributed by atoms with Crippen molar-refractivity contribution < 1.29 is 9.47 Å². The van der Waals surface area contributed by atoms with Crippen LogP contribution >= 0.6 is 15.9 Å². The third kappa shape index (κ3) is 3.55. The maximum absolute atomic E-state index is 5.53. The summed E-state index contributed by atoms with van der Waals surface area (Å²) in [6, 6.07) is 7.55. The monoisotopic (exact) mass is 259 g/mol. The summed E-state index contributed by atoms with van der Waals surface area (Å²) in [5.41, 5.74) is 5.53. The lowest BCUT2D eigenvalue weighted by molar-refractivity contribution is 0.289. The van der Waals surface area contributed by atoms with Crippen molar-refractivity contribution in [3.8, 4) is 11.5 Å². The van der Waals surface area contributed by atoms with E-state index in [4.69, 9.17) is 15.2 Å². The molecule has 0 saturated heterocycles. The predicted octanol–water partition coefficient (Wildman–Crippen LogP) is 2.14. The van der Waals surface area contributed by atoms with Gasteiger partial charge in [-0.05, 0) is 12.1 Å². The van der Waals surface area contributed by atoms with Crippen molar-refractivity contribution in [2.75, 3.05) is 13.7 Å². The van der Waals surface area contributed by atoms with Gasteiger partial charge < -0.3 is 15.2 Å². The molecule has 1 aromatic carbocycles. The lowest BCUT2D eigenvalue weighted by Gasteiger charge is -2.10. The molecule has 1 atom stereocenters. The van der Waals surface area contributed by atoms with Crippen LogP contribution in [0.5, 0.6) is 11.5 Å². The normalized spacial score (nSPS) is 12.2. The molecule has 1 unspecified atom stereocenters. The number of benzene rings is 1. The summed E-state index contributed by atoms with van der Waals surface area (Å²) in [5, 5.41) is 0. The van der Waals surface area contributed by atoms with Crippen LogP contribution in [0.2, 0.25) is 0 Å². The maximum Gasteiger partial charge on any atom is 0.161 e. The molecule has 4 heteroatoms. The molecule has 14 heavy (non-hydrogen) atoms. The molecule has 2 N–H and O–H groups in total. The predicted molar refractivity (Wildman–Crippen MR) is 60.0 cm³/mol. The van der Waals surface area contributed by atoms with Gasteiger partial charge in [0.2, 0.25) is 0 Å². The van der Waals surface area contributed by atoms with Crippen LogP contribution in [0, 0.1) is 0 Å². The zero-order chi connectivity index (χ0) is 10.4. The van der Waals surface area contributed by atoms with Gasteiger partial charge >= 0.3 is 0 Å². The van der Waals surface area contributed by atoms with Crippen LogP contribution < -0.4 is 15.2 Å². The van der Waals surface area contributed by atoms with Gasteiger partial charge in [0, 0.05) is 6.42 Å². The van der Waals surface area contributed by atoms with Gasteiger partial charge in [0.1, 0.15) is 0 Å². The summed E-state index contributed by atoms with van der Waals surface area (Å²) in [6.45, 7) is 0.576. The number of nitrogens with two attached hydrogens (primary N) is 1. The van der Waals surface area contributed by atoms with Gasteiger partial charge in [-0.15, -0.1) is 0 Å². The first-order valence-corrected chi connectivity index (χ1v) is 5.31. The van der Waals surface area contributed by atoms with Crippen molar-refractivity contribution in [1.29, 1.82) is 0 Å². The Morgan fingerprint density at radius 1 is 1.36 bits per heavy atom. The van der Waals surface area contributed by atoms with Crippen molar-refractivity contribution >= 4 is 15.9 Å². The van der Waals surface area contributed by atoms with Crippen LogP contribution in [0.4, 0.5) is 0 Å². The molecule has 0 spiro atoms. The number of hydrogen-bond acceptors (Lipinski definition) is 3. The van der Waals surface area contributed by atoms with E-state index in [1.807, 2.05) is 24.3 Å². The van der Waals surface area contributed by atoms with Crippen molar-refractivity contribution in [2.45, 2.75) is 11.4 Å². The fourth-order valence-corrected chi connectivity index (χ4v) is 1.21. The van der Waals surface area contributed by atoms with Gasteiger partial charge in [-0.1, -0.05) is 28.1 Å². The number of para-hydroxylation sites is 2. The van der Waals surface area contributed by atoms with E-state index in [1.54, 1.807) is 7.11 Å². The highest BCUT2D eigenvalue weighted by Crippen LogP contribution is 2.25. The summed E-state index contributed by atoms with van der Waals surface area (Å²) in [4.78, 5) is -0.0165. The number of hydrogen-bond donors (Lipinski definition) is 1. The van der Waals surface area contributed by atoms with Gasteiger partial charge in [-0.25, -0.2) is 0 Å². The second-order valence-electron chi connectivity index (χ2n) is 2.80. The van der Waals surface area contributed by atoms with E-state index in [2.05, 4.69) is 15.9 Å². The van der Waals surface area contributed by atoms with E-state index in [1.165, 1.54) is 0 Å². The zero-order valence-electron chi connectivity index (χ0n) is 8.07. The molecule has 1 rings (SSSR count). The highest BCUT2D eigenvalue weighted by molar-refractivity contribution is 9.09. The average molecular weight is 260 g/mol. The molecule has 78 valence electrons. The highest BCUT2D eigenvalue weighted by atomic mass is 79.9. The van der Waals surface area contributed by atoms with E-state index in [0.717, 1.165) is 17.9 Å². The summed E-state index contributed by atoms with van der Waals surface area (Å²) in [5.74, 6) is 1.50. The Hall–Kier alpha value is -0.740. The van der Waals surface area contributed by atoms with Crippen molar-refractivity contribution in [3.63, 3.8) is 0 Å². The molecular formula is C10H14BrNO2. The Kier molecular flexibility index (Phi) is 4.76. The zero-order valence-corrected chi connectivity index (χ0v) is 9.66. The lowest BCUT2D eigenvalue weighted by atomic mass is 10.3. The molecule has 0 heterocycles. The topological polar surface area (TPSA) is 44.5 Å². The summed E-state index contributed by atoms with van der Waals surface area (Å²) in [7, 11) is 1.62. The van der Waals surface area contributed by atoms with Gasteiger partial charge in [-0.3, -0.25) is 0 Å². The minimum atomic E-state index is -0.0165. The third-order valence-corrected chi connectivity index (χ3v) is 2.18. The van der Waals surface area contributed by atoms with Crippen LogP contribution in [0.1, 0.15) is 6.42 Å².